The predicted octanol–water partition coefficient (Wildman–Crippen LogP) is 4.98. The van der Waals surface area contributed by atoms with Crippen molar-refractivity contribution < 1.29 is 29.0 Å². The molecule has 8 heteroatoms. The quantitative estimate of drug-likeness (QED) is 0.414. The lowest BCUT2D eigenvalue weighted by molar-refractivity contribution is -0.115. The number of benzene rings is 3. The molecule has 0 unspecified atom stereocenters. The molecule has 182 valence electrons. The van der Waals surface area contributed by atoms with Gasteiger partial charge in [0.05, 0.1) is 11.1 Å². The van der Waals surface area contributed by atoms with E-state index in [1.807, 2.05) is 30.3 Å². The van der Waals surface area contributed by atoms with Crippen molar-refractivity contribution in [3.8, 4) is 11.5 Å². The van der Waals surface area contributed by atoms with E-state index < -0.39 is 0 Å². The lowest BCUT2D eigenvalue weighted by Crippen LogP contribution is -2.07. The Morgan fingerprint density at radius 1 is 0.714 bits per heavy atom. The number of nitrogens with one attached hydrogen (secondary N) is 2. The average Bonchev–Trinajstić information content (AvgIpc) is 2.78. The summed E-state index contributed by atoms with van der Waals surface area (Å²) in [4.78, 5) is 44.4. The first-order chi connectivity index (χ1) is 16.6. The van der Waals surface area contributed by atoms with E-state index in [-0.39, 0.29) is 34.7 Å². The van der Waals surface area contributed by atoms with Gasteiger partial charge in [0, 0.05) is 37.4 Å². The monoisotopic (exact) mass is 476 g/mol. The SMILES string of the molecule is CC(=O)Nc1ccc(C(C)=O)c(O)c1.CC(=O)Nc1ccc(C(C)=O)c(OCc2ccccc2)c1. The first kappa shape index (κ1) is 26.8. The summed E-state index contributed by atoms with van der Waals surface area (Å²) >= 11 is 0. The van der Waals surface area contributed by atoms with Gasteiger partial charge in [-0.05, 0) is 43.7 Å². The van der Waals surface area contributed by atoms with Gasteiger partial charge in [0.15, 0.2) is 11.6 Å². The van der Waals surface area contributed by atoms with Crippen molar-refractivity contribution in [2.24, 2.45) is 0 Å². The molecule has 3 N–H and O–H groups in total. The standard InChI is InChI=1S/C17H17NO3.C10H11NO3/c1-12(19)16-9-8-15(18-13(2)20)10-17(16)21-11-14-6-4-3-5-7-14;1-6(12)9-4-3-8(5-10(9)14)11-7(2)13/h3-10H,11H2,1-2H3,(H,18,20);3-5,14H,1-2H3,(H,11,13). The molecule has 0 aliphatic heterocycles. The predicted molar refractivity (Wildman–Crippen MR) is 134 cm³/mol. The summed E-state index contributed by atoms with van der Waals surface area (Å²) in [7, 11) is 0. The summed E-state index contributed by atoms with van der Waals surface area (Å²) < 4.78 is 5.73. The van der Waals surface area contributed by atoms with Gasteiger partial charge in [-0.3, -0.25) is 19.2 Å². The number of carbonyl (C=O) groups is 4. The third-order valence-electron chi connectivity index (χ3n) is 4.62. The molecule has 8 nitrogen and oxygen atoms in total. The molecule has 0 saturated heterocycles. The molecule has 0 fully saturated rings. The van der Waals surface area contributed by atoms with Crippen LogP contribution >= 0.6 is 0 Å². The molecular weight excluding hydrogens is 448 g/mol. The molecular formula is C27H28N2O6. The van der Waals surface area contributed by atoms with Gasteiger partial charge in [0.25, 0.3) is 0 Å². The molecule has 0 bridgehead atoms. The maximum Gasteiger partial charge on any atom is 0.221 e. The van der Waals surface area contributed by atoms with E-state index in [9.17, 15) is 24.3 Å². The second-order valence-corrected chi connectivity index (χ2v) is 7.69. The molecule has 0 saturated carbocycles. The second-order valence-electron chi connectivity index (χ2n) is 7.69. The van der Waals surface area contributed by atoms with Crippen LogP contribution < -0.4 is 15.4 Å². The van der Waals surface area contributed by atoms with Crippen molar-refractivity contribution >= 4 is 34.8 Å². The van der Waals surface area contributed by atoms with Gasteiger partial charge >= 0.3 is 0 Å². The topological polar surface area (TPSA) is 122 Å². The fourth-order valence-electron chi connectivity index (χ4n) is 3.06. The molecule has 0 atom stereocenters. The second kappa shape index (κ2) is 12.7. The van der Waals surface area contributed by atoms with Crippen LogP contribution in [0.1, 0.15) is 54.0 Å². The fourth-order valence-corrected chi connectivity index (χ4v) is 3.06. The van der Waals surface area contributed by atoms with Crippen LogP contribution in [0.4, 0.5) is 11.4 Å². The van der Waals surface area contributed by atoms with Crippen LogP contribution in [0.5, 0.6) is 11.5 Å². The van der Waals surface area contributed by atoms with Crippen LogP contribution in [-0.4, -0.2) is 28.5 Å². The zero-order valence-electron chi connectivity index (χ0n) is 20.0. The lowest BCUT2D eigenvalue weighted by Gasteiger charge is -2.12. The van der Waals surface area contributed by atoms with Crippen molar-refractivity contribution in [1.82, 2.24) is 0 Å². The van der Waals surface area contributed by atoms with Crippen LogP contribution in [0.2, 0.25) is 0 Å². The fraction of sp³-hybridized carbons (Fsp3) is 0.185. The number of rotatable bonds is 7. The number of ether oxygens (including phenoxy) is 1. The number of amides is 2. The van der Waals surface area contributed by atoms with Crippen LogP contribution in [-0.2, 0) is 16.2 Å². The molecule has 0 aliphatic rings. The van der Waals surface area contributed by atoms with E-state index in [1.165, 1.54) is 39.8 Å². The summed E-state index contributed by atoms with van der Waals surface area (Å²) in [6.45, 7) is 6.03. The van der Waals surface area contributed by atoms with E-state index in [0.717, 1.165) is 5.56 Å². The van der Waals surface area contributed by atoms with Crippen molar-refractivity contribution in [2.75, 3.05) is 10.6 Å². The molecule has 0 aliphatic carbocycles. The van der Waals surface area contributed by atoms with E-state index in [2.05, 4.69) is 10.6 Å². The van der Waals surface area contributed by atoms with E-state index in [1.54, 1.807) is 24.3 Å². The summed E-state index contributed by atoms with van der Waals surface area (Å²) in [5.74, 6) is -0.328. The first-order valence-corrected chi connectivity index (χ1v) is 10.8. The van der Waals surface area contributed by atoms with Gasteiger partial charge < -0.3 is 20.5 Å². The minimum atomic E-state index is -0.222. The molecule has 0 heterocycles. The van der Waals surface area contributed by atoms with Crippen molar-refractivity contribution in [1.29, 1.82) is 0 Å². The number of hydrogen-bond acceptors (Lipinski definition) is 6. The lowest BCUT2D eigenvalue weighted by atomic mass is 10.1. The maximum atomic E-state index is 11.6. The van der Waals surface area contributed by atoms with Crippen LogP contribution in [0.15, 0.2) is 66.7 Å². The zero-order chi connectivity index (χ0) is 26.0. The Morgan fingerprint density at radius 3 is 1.71 bits per heavy atom. The molecule has 0 spiro atoms. The molecule has 0 radical (unpaired) electrons. The smallest absolute Gasteiger partial charge is 0.221 e. The average molecular weight is 477 g/mol. The van der Waals surface area contributed by atoms with Gasteiger partial charge in [0.1, 0.15) is 18.1 Å². The van der Waals surface area contributed by atoms with E-state index >= 15 is 0 Å². The first-order valence-electron chi connectivity index (χ1n) is 10.8. The van der Waals surface area contributed by atoms with Crippen molar-refractivity contribution in [2.45, 2.75) is 34.3 Å². The third kappa shape index (κ3) is 8.77. The number of Topliss-reactive ketones (excluding diaryl/α,β-unsaturated/α-hetero) is 2. The van der Waals surface area contributed by atoms with Crippen molar-refractivity contribution in [3.63, 3.8) is 0 Å². The van der Waals surface area contributed by atoms with Gasteiger partial charge in [-0.2, -0.15) is 0 Å². The van der Waals surface area contributed by atoms with E-state index in [4.69, 9.17) is 4.74 Å². The molecule has 35 heavy (non-hydrogen) atoms. The molecule has 3 rings (SSSR count). The highest BCUT2D eigenvalue weighted by atomic mass is 16.5. The Hall–Kier alpha value is -4.46. The largest absolute Gasteiger partial charge is 0.507 e. The number of aromatic hydroxyl groups is 1. The number of hydrogen-bond donors (Lipinski definition) is 3. The minimum Gasteiger partial charge on any atom is -0.507 e. The van der Waals surface area contributed by atoms with E-state index in [0.29, 0.717) is 29.3 Å². The van der Waals surface area contributed by atoms with Gasteiger partial charge in [-0.25, -0.2) is 0 Å². The van der Waals surface area contributed by atoms with Crippen molar-refractivity contribution in [3.05, 3.63) is 83.4 Å². The summed E-state index contributed by atoms with van der Waals surface area (Å²) in [6.07, 6.45) is 0. The van der Waals surface area contributed by atoms with Crippen LogP contribution in [0.25, 0.3) is 0 Å². The van der Waals surface area contributed by atoms with Crippen LogP contribution in [0.3, 0.4) is 0 Å². The number of phenolic OH excluding ortho intramolecular Hbond substituents is 1. The Kier molecular flexibility index (Phi) is 9.71. The maximum absolute atomic E-state index is 11.6. The minimum absolute atomic E-state index is 0.0764. The Labute approximate surface area is 203 Å². The number of ketones is 2. The highest BCUT2D eigenvalue weighted by molar-refractivity contribution is 5.99. The highest BCUT2D eigenvalue weighted by Gasteiger charge is 2.11. The Bertz CT molecular complexity index is 1220. The number of phenols is 1. The number of anilines is 2. The Morgan fingerprint density at radius 2 is 1.23 bits per heavy atom. The molecule has 2 amide bonds. The summed E-state index contributed by atoms with van der Waals surface area (Å²) in [6, 6.07) is 19.1. The third-order valence-corrected chi connectivity index (χ3v) is 4.62. The highest BCUT2D eigenvalue weighted by Crippen LogP contribution is 2.25. The molecule has 0 aromatic heterocycles. The zero-order valence-corrected chi connectivity index (χ0v) is 20.0. The van der Waals surface area contributed by atoms with Gasteiger partial charge in [0.2, 0.25) is 11.8 Å². The normalized spacial score (nSPS) is 9.83. The Balaban J connectivity index is 0.000000269. The molecule has 3 aromatic rings. The number of carbonyl (C=O) groups excluding carboxylic acids is 4. The van der Waals surface area contributed by atoms with Gasteiger partial charge in [-0.15, -0.1) is 0 Å². The molecule has 3 aromatic carbocycles. The van der Waals surface area contributed by atoms with Gasteiger partial charge in [-0.1, -0.05) is 30.3 Å². The summed E-state index contributed by atoms with van der Waals surface area (Å²) in [5, 5.41) is 14.6. The summed E-state index contributed by atoms with van der Waals surface area (Å²) in [5.41, 5.74) is 2.84. The van der Waals surface area contributed by atoms with Crippen LogP contribution in [0, 0.1) is 0 Å².